The lowest BCUT2D eigenvalue weighted by atomic mass is 9.97. The van der Waals surface area contributed by atoms with E-state index in [0.29, 0.717) is 23.5 Å². The van der Waals surface area contributed by atoms with Crippen molar-refractivity contribution < 1.29 is 17.6 Å². The zero-order valence-electron chi connectivity index (χ0n) is 17.6. The maximum Gasteiger partial charge on any atom is 0.243 e. The minimum Gasteiger partial charge on any atom is -0.302 e. The highest BCUT2D eigenvalue weighted by Crippen LogP contribution is 2.31. The lowest BCUT2D eigenvalue weighted by molar-refractivity contribution is -0.120. The van der Waals surface area contributed by atoms with E-state index in [1.165, 1.54) is 27.8 Å². The van der Waals surface area contributed by atoms with E-state index in [2.05, 4.69) is 16.4 Å². The first-order valence-electron chi connectivity index (χ1n) is 10.1. The van der Waals surface area contributed by atoms with Crippen molar-refractivity contribution in [2.24, 2.45) is 5.92 Å². The first-order chi connectivity index (χ1) is 14.6. The number of nitrogens with zero attached hydrogens (tertiary/aromatic N) is 2. The Bertz CT molecular complexity index is 1260. The summed E-state index contributed by atoms with van der Waals surface area (Å²) in [6, 6.07) is 8.05. The molecule has 1 aromatic heterocycles. The van der Waals surface area contributed by atoms with E-state index in [1.807, 2.05) is 19.9 Å². The Morgan fingerprint density at radius 1 is 1.13 bits per heavy atom. The number of aryl methyl sites for hydroxylation is 3. The third-order valence-electron chi connectivity index (χ3n) is 5.67. The summed E-state index contributed by atoms with van der Waals surface area (Å²) in [6.45, 7) is 6.04. The zero-order chi connectivity index (χ0) is 22.3. The number of rotatable bonds is 4. The highest BCUT2D eigenvalue weighted by Gasteiger charge is 2.32. The molecular weight excluding hydrogens is 437 g/mol. The van der Waals surface area contributed by atoms with Crippen LogP contribution in [0.4, 0.5) is 9.52 Å². The van der Waals surface area contributed by atoms with E-state index in [-0.39, 0.29) is 29.8 Å². The summed E-state index contributed by atoms with van der Waals surface area (Å²) in [5.41, 5.74) is 3.50. The van der Waals surface area contributed by atoms with E-state index in [0.717, 1.165) is 27.4 Å². The molecule has 31 heavy (non-hydrogen) atoms. The third kappa shape index (κ3) is 4.35. The highest BCUT2D eigenvalue weighted by molar-refractivity contribution is 7.89. The first kappa shape index (κ1) is 21.9. The Morgan fingerprint density at radius 3 is 2.52 bits per heavy atom. The molecule has 0 saturated carbocycles. The van der Waals surface area contributed by atoms with Crippen molar-refractivity contribution in [3.05, 3.63) is 52.8 Å². The summed E-state index contributed by atoms with van der Waals surface area (Å²) in [6.07, 6.45) is 0.810. The molecule has 0 aliphatic carbocycles. The average molecular weight is 462 g/mol. The average Bonchev–Trinajstić information content (AvgIpc) is 3.12. The minimum atomic E-state index is -3.78. The number of piperidine rings is 1. The van der Waals surface area contributed by atoms with Crippen LogP contribution in [0.1, 0.15) is 29.5 Å². The molecule has 6 nitrogen and oxygen atoms in total. The molecule has 0 unspecified atom stereocenters. The van der Waals surface area contributed by atoms with Crippen LogP contribution in [0.2, 0.25) is 0 Å². The van der Waals surface area contributed by atoms with Crippen molar-refractivity contribution >= 4 is 42.6 Å². The van der Waals surface area contributed by atoms with E-state index < -0.39 is 15.8 Å². The van der Waals surface area contributed by atoms with Crippen molar-refractivity contribution in [3.63, 3.8) is 0 Å². The molecule has 0 atom stereocenters. The molecule has 2 aromatic carbocycles. The van der Waals surface area contributed by atoms with Gasteiger partial charge in [0.05, 0.1) is 15.1 Å². The monoisotopic (exact) mass is 461 g/mol. The van der Waals surface area contributed by atoms with Crippen LogP contribution >= 0.6 is 11.3 Å². The molecule has 3 aromatic rings. The second-order valence-corrected chi connectivity index (χ2v) is 11.0. The number of halogens is 1. The maximum absolute atomic E-state index is 13.8. The summed E-state index contributed by atoms with van der Waals surface area (Å²) in [7, 11) is -3.78. The van der Waals surface area contributed by atoms with Gasteiger partial charge in [-0.25, -0.2) is 17.8 Å². The van der Waals surface area contributed by atoms with Crippen LogP contribution in [0.25, 0.3) is 10.2 Å². The number of anilines is 1. The molecule has 2 heterocycles. The second-order valence-electron chi connectivity index (χ2n) is 8.03. The number of amides is 1. The number of carbonyl (C=O) groups excluding carboxylic acids is 1. The standard InChI is InChI=1S/C22H24FN3O3S2/c1-13-10-15(3)20-19(11-13)30-22(24-20)25-21(27)16-6-8-26(9-7-16)31(28,29)17-5-4-14(2)18(23)12-17/h4-5,10-12,16H,6-9H2,1-3H3,(H,24,25,27). The Balaban J connectivity index is 1.42. The molecule has 0 radical (unpaired) electrons. The zero-order valence-corrected chi connectivity index (χ0v) is 19.2. The topological polar surface area (TPSA) is 79.4 Å². The number of carbonyl (C=O) groups is 1. The number of benzene rings is 2. The Morgan fingerprint density at radius 2 is 1.84 bits per heavy atom. The molecule has 1 aliphatic rings. The highest BCUT2D eigenvalue weighted by atomic mass is 32.2. The van der Waals surface area contributed by atoms with Crippen molar-refractivity contribution in [2.75, 3.05) is 18.4 Å². The summed E-state index contributed by atoms with van der Waals surface area (Å²) in [5, 5.41) is 3.45. The van der Waals surface area contributed by atoms with Crippen molar-refractivity contribution in [2.45, 2.75) is 38.5 Å². The maximum atomic E-state index is 13.8. The van der Waals surface area contributed by atoms with Crippen LogP contribution in [-0.2, 0) is 14.8 Å². The molecule has 1 N–H and O–H groups in total. The van der Waals surface area contributed by atoms with E-state index in [1.54, 1.807) is 6.92 Å². The number of aromatic nitrogens is 1. The fraction of sp³-hybridized carbons (Fsp3) is 0.364. The van der Waals surface area contributed by atoms with Crippen molar-refractivity contribution in [1.29, 1.82) is 0 Å². The van der Waals surface area contributed by atoms with Gasteiger partial charge in [0.25, 0.3) is 0 Å². The summed E-state index contributed by atoms with van der Waals surface area (Å²) >= 11 is 1.44. The molecule has 0 spiro atoms. The largest absolute Gasteiger partial charge is 0.302 e. The number of fused-ring (bicyclic) bond motifs is 1. The molecule has 9 heteroatoms. The van der Waals surface area contributed by atoms with Crippen molar-refractivity contribution in [3.8, 4) is 0 Å². The number of nitrogens with one attached hydrogen (secondary N) is 1. The van der Waals surface area contributed by atoms with Crippen LogP contribution in [0.5, 0.6) is 0 Å². The van der Waals surface area contributed by atoms with E-state index >= 15 is 0 Å². The van der Waals surface area contributed by atoms with Gasteiger partial charge in [-0.15, -0.1) is 0 Å². The van der Waals surface area contributed by atoms with Crippen molar-refractivity contribution in [1.82, 2.24) is 9.29 Å². The Labute approximate surface area is 185 Å². The molecule has 0 bridgehead atoms. The van der Waals surface area contributed by atoms with E-state index in [4.69, 9.17) is 0 Å². The Kier molecular flexibility index (Phi) is 5.85. The Hall–Kier alpha value is -2.36. The van der Waals surface area contributed by atoms with Crippen LogP contribution < -0.4 is 5.32 Å². The van der Waals surface area contributed by atoms with Gasteiger partial charge in [-0.2, -0.15) is 4.31 Å². The minimum absolute atomic E-state index is 0.0568. The van der Waals surface area contributed by atoms with Gasteiger partial charge in [0.2, 0.25) is 15.9 Å². The van der Waals surface area contributed by atoms with Gasteiger partial charge in [0.1, 0.15) is 5.82 Å². The quantitative estimate of drug-likeness (QED) is 0.625. The van der Waals surface area contributed by atoms with Gasteiger partial charge in [-0.3, -0.25) is 4.79 Å². The smallest absolute Gasteiger partial charge is 0.243 e. The summed E-state index contributed by atoms with van der Waals surface area (Å²) in [5.74, 6) is -0.987. The van der Waals surface area contributed by atoms with Crippen LogP contribution in [0.3, 0.4) is 0 Å². The summed E-state index contributed by atoms with van der Waals surface area (Å²) in [4.78, 5) is 17.2. The molecule has 4 rings (SSSR count). The van der Waals surface area contributed by atoms with Gasteiger partial charge in [-0.05, 0) is 68.5 Å². The van der Waals surface area contributed by atoms with Gasteiger partial charge < -0.3 is 5.32 Å². The number of sulfonamides is 1. The van der Waals surface area contributed by atoms with Gasteiger partial charge in [-0.1, -0.05) is 23.5 Å². The number of thiazole rings is 1. The van der Waals surface area contributed by atoms with Crippen LogP contribution in [0, 0.1) is 32.5 Å². The second kappa shape index (κ2) is 8.29. The van der Waals surface area contributed by atoms with E-state index in [9.17, 15) is 17.6 Å². The number of hydrogen-bond donors (Lipinski definition) is 1. The molecule has 1 amide bonds. The van der Waals surface area contributed by atoms with Crippen LogP contribution in [-0.4, -0.2) is 36.7 Å². The third-order valence-corrected chi connectivity index (χ3v) is 8.48. The predicted octanol–water partition coefficient (Wildman–Crippen LogP) is 4.40. The van der Waals surface area contributed by atoms with Gasteiger partial charge in [0.15, 0.2) is 5.13 Å². The van der Waals surface area contributed by atoms with Gasteiger partial charge in [0, 0.05) is 19.0 Å². The normalized spacial score (nSPS) is 16.0. The molecular formula is C22H24FN3O3S2. The molecule has 1 fully saturated rings. The summed E-state index contributed by atoms with van der Waals surface area (Å²) < 4.78 is 41.8. The lowest BCUT2D eigenvalue weighted by Gasteiger charge is -2.30. The van der Waals surface area contributed by atoms with Crippen LogP contribution in [0.15, 0.2) is 35.2 Å². The lowest BCUT2D eigenvalue weighted by Crippen LogP contribution is -2.41. The molecule has 1 aliphatic heterocycles. The first-order valence-corrected chi connectivity index (χ1v) is 12.4. The fourth-order valence-corrected chi connectivity index (χ4v) is 6.40. The van der Waals surface area contributed by atoms with Gasteiger partial charge >= 0.3 is 0 Å². The SMILES string of the molecule is Cc1cc(C)c2nc(NC(=O)C3CCN(S(=O)(=O)c4ccc(C)c(F)c4)CC3)sc2c1. The molecule has 164 valence electrons. The fourth-order valence-electron chi connectivity index (χ4n) is 3.87. The predicted molar refractivity (Wildman–Crippen MR) is 120 cm³/mol. The molecule has 1 saturated heterocycles. The number of hydrogen-bond acceptors (Lipinski definition) is 5.